The van der Waals surface area contributed by atoms with Gasteiger partial charge in [0.05, 0.1) is 18.1 Å². The van der Waals surface area contributed by atoms with Crippen LogP contribution in [0.2, 0.25) is 0 Å². The molecule has 4 heteroatoms. The average molecular weight is 229 g/mol. The van der Waals surface area contributed by atoms with Crippen molar-refractivity contribution in [2.45, 2.75) is 45.6 Å². The van der Waals surface area contributed by atoms with Crippen molar-refractivity contribution in [1.29, 1.82) is 0 Å². The third-order valence-electron chi connectivity index (χ3n) is 3.38. The molecule has 4 nitrogen and oxygen atoms in total. The zero-order valence-corrected chi connectivity index (χ0v) is 10.2. The zero-order valence-electron chi connectivity index (χ0n) is 10.2. The van der Waals surface area contributed by atoms with Crippen LogP contribution >= 0.6 is 0 Å². The highest BCUT2D eigenvalue weighted by Crippen LogP contribution is 2.28. The number of hydrogen-bond acceptors (Lipinski definition) is 3. The second kappa shape index (κ2) is 5.64. The smallest absolute Gasteiger partial charge is 0.311 e. The van der Waals surface area contributed by atoms with Gasteiger partial charge in [-0.1, -0.05) is 12.8 Å². The van der Waals surface area contributed by atoms with Gasteiger partial charge in [0.15, 0.2) is 0 Å². The van der Waals surface area contributed by atoms with E-state index < -0.39 is 11.4 Å². The number of carboxylic acid groups (broad SMARTS) is 1. The molecule has 3 N–H and O–H groups in total. The van der Waals surface area contributed by atoms with E-state index >= 15 is 0 Å². The van der Waals surface area contributed by atoms with Crippen molar-refractivity contribution in [1.82, 2.24) is 0 Å². The zero-order chi connectivity index (χ0) is 12.2. The van der Waals surface area contributed by atoms with Crippen molar-refractivity contribution in [3.05, 3.63) is 0 Å². The highest BCUT2D eigenvalue weighted by molar-refractivity contribution is 5.73. The molecule has 0 aromatic heterocycles. The van der Waals surface area contributed by atoms with Gasteiger partial charge in [-0.05, 0) is 39.2 Å². The van der Waals surface area contributed by atoms with Gasteiger partial charge in [-0.2, -0.15) is 0 Å². The molecule has 0 heterocycles. The van der Waals surface area contributed by atoms with Crippen LogP contribution in [-0.2, 0) is 9.53 Å². The number of rotatable bonds is 5. The first-order valence-electron chi connectivity index (χ1n) is 6.02. The van der Waals surface area contributed by atoms with E-state index in [1.807, 2.05) is 0 Å². The number of carbonyl (C=O) groups is 1. The number of carboxylic acids is 1. The van der Waals surface area contributed by atoms with Crippen molar-refractivity contribution < 1.29 is 14.6 Å². The Kier molecular flexibility index (Phi) is 4.74. The summed E-state index contributed by atoms with van der Waals surface area (Å²) in [5, 5.41) is 8.99. The third kappa shape index (κ3) is 3.46. The first-order valence-corrected chi connectivity index (χ1v) is 6.02. The van der Waals surface area contributed by atoms with Gasteiger partial charge < -0.3 is 15.6 Å². The molecule has 1 rings (SSSR count). The molecule has 1 saturated carbocycles. The van der Waals surface area contributed by atoms with Gasteiger partial charge in [0.2, 0.25) is 0 Å². The summed E-state index contributed by atoms with van der Waals surface area (Å²) in [6.07, 6.45) is 4.64. The molecule has 94 valence electrons. The Morgan fingerprint density at radius 1 is 1.44 bits per heavy atom. The van der Waals surface area contributed by atoms with E-state index in [-0.39, 0.29) is 12.7 Å². The monoisotopic (exact) mass is 229 g/mol. The van der Waals surface area contributed by atoms with Crippen LogP contribution in [0, 0.1) is 11.3 Å². The summed E-state index contributed by atoms with van der Waals surface area (Å²) in [5.74, 6) is -0.411. The Morgan fingerprint density at radius 2 is 2.06 bits per heavy atom. The van der Waals surface area contributed by atoms with Crippen molar-refractivity contribution in [3.8, 4) is 0 Å². The Hall–Kier alpha value is -0.610. The molecule has 1 aliphatic carbocycles. The fourth-order valence-corrected chi connectivity index (χ4v) is 2.04. The minimum atomic E-state index is -0.812. The van der Waals surface area contributed by atoms with Crippen LogP contribution in [0.3, 0.4) is 0 Å². The van der Waals surface area contributed by atoms with E-state index in [0.29, 0.717) is 12.5 Å². The molecule has 0 aromatic rings. The summed E-state index contributed by atoms with van der Waals surface area (Å²) in [6, 6.07) is 0. The molecule has 2 unspecified atom stereocenters. The first-order chi connectivity index (χ1) is 7.47. The van der Waals surface area contributed by atoms with Crippen LogP contribution in [0.25, 0.3) is 0 Å². The van der Waals surface area contributed by atoms with Crippen LogP contribution in [0.15, 0.2) is 0 Å². The normalized spacial score (nSPS) is 26.7. The summed E-state index contributed by atoms with van der Waals surface area (Å²) in [6.45, 7) is 4.28. The van der Waals surface area contributed by atoms with E-state index in [9.17, 15) is 4.79 Å². The lowest BCUT2D eigenvalue weighted by Crippen LogP contribution is -2.37. The predicted molar refractivity (Wildman–Crippen MR) is 62.2 cm³/mol. The minimum absolute atomic E-state index is 0.150. The van der Waals surface area contributed by atoms with Crippen LogP contribution in [0.5, 0.6) is 0 Å². The maximum atomic E-state index is 10.9. The molecule has 0 aliphatic heterocycles. The summed E-state index contributed by atoms with van der Waals surface area (Å²) in [7, 11) is 0. The van der Waals surface area contributed by atoms with E-state index in [2.05, 4.69) is 0 Å². The van der Waals surface area contributed by atoms with Gasteiger partial charge in [0.1, 0.15) is 0 Å². The Morgan fingerprint density at radius 3 is 2.62 bits per heavy atom. The topological polar surface area (TPSA) is 72.5 Å². The van der Waals surface area contributed by atoms with Gasteiger partial charge in [-0.3, -0.25) is 4.79 Å². The van der Waals surface area contributed by atoms with Gasteiger partial charge >= 0.3 is 5.97 Å². The van der Waals surface area contributed by atoms with Gasteiger partial charge in [-0.25, -0.2) is 0 Å². The average Bonchev–Trinajstić information content (AvgIpc) is 2.26. The fraction of sp³-hybridized carbons (Fsp3) is 0.917. The lowest BCUT2D eigenvalue weighted by molar-refractivity contribution is -0.153. The van der Waals surface area contributed by atoms with Crippen molar-refractivity contribution in [2.24, 2.45) is 17.1 Å². The van der Waals surface area contributed by atoms with Gasteiger partial charge in [0.25, 0.3) is 0 Å². The lowest BCUT2D eigenvalue weighted by atomic mass is 9.86. The third-order valence-corrected chi connectivity index (χ3v) is 3.38. The number of hydrogen-bond donors (Lipinski definition) is 2. The van der Waals surface area contributed by atoms with E-state index in [4.69, 9.17) is 15.6 Å². The summed E-state index contributed by atoms with van der Waals surface area (Å²) in [5.41, 5.74) is 4.89. The highest BCUT2D eigenvalue weighted by Gasteiger charge is 2.31. The molecule has 0 radical (unpaired) electrons. The first kappa shape index (κ1) is 13.5. The molecule has 16 heavy (non-hydrogen) atoms. The molecule has 1 fully saturated rings. The highest BCUT2D eigenvalue weighted by atomic mass is 16.5. The Labute approximate surface area is 97.2 Å². The standard InChI is InChI=1S/C12H23NO3/c1-12(2,11(14)15)8-16-10-6-4-3-5-9(10)7-13/h9-10H,3-8,13H2,1-2H3,(H,14,15). The number of aliphatic carboxylic acids is 1. The van der Waals surface area contributed by atoms with Crippen LogP contribution in [0.1, 0.15) is 39.5 Å². The lowest BCUT2D eigenvalue weighted by Gasteiger charge is -2.32. The van der Waals surface area contributed by atoms with Gasteiger partial charge in [0, 0.05) is 0 Å². The predicted octanol–water partition coefficient (Wildman–Crippen LogP) is 1.63. The number of nitrogens with two attached hydrogens (primary N) is 1. The molecular formula is C12H23NO3. The fourth-order valence-electron chi connectivity index (χ4n) is 2.04. The van der Waals surface area contributed by atoms with Gasteiger partial charge in [-0.15, -0.1) is 0 Å². The molecule has 0 aromatic carbocycles. The molecule has 0 saturated heterocycles. The molecule has 0 spiro atoms. The second-order valence-corrected chi connectivity index (χ2v) is 5.32. The quantitative estimate of drug-likeness (QED) is 0.751. The Balaban J connectivity index is 2.43. The SMILES string of the molecule is CC(C)(COC1CCCCC1CN)C(=O)O. The van der Waals surface area contributed by atoms with Crippen LogP contribution in [0.4, 0.5) is 0 Å². The summed E-state index contributed by atoms with van der Waals surface area (Å²) >= 11 is 0. The molecule has 2 atom stereocenters. The maximum Gasteiger partial charge on any atom is 0.311 e. The maximum absolute atomic E-state index is 10.9. The van der Waals surface area contributed by atoms with E-state index in [0.717, 1.165) is 19.3 Å². The number of ether oxygens (including phenoxy) is 1. The van der Waals surface area contributed by atoms with Crippen molar-refractivity contribution in [3.63, 3.8) is 0 Å². The van der Waals surface area contributed by atoms with E-state index in [1.165, 1.54) is 6.42 Å². The summed E-state index contributed by atoms with van der Waals surface area (Å²) in [4.78, 5) is 10.9. The molecule has 1 aliphatic rings. The van der Waals surface area contributed by atoms with Crippen LogP contribution in [-0.4, -0.2) is 30.3 Å². The summed E-state index contributed by atoms with van der Waals surface area (Å²) < 4.78 is 5.75. The van der Waals surface area contributed by atoms with E-state index in [1.54, 1.807) is 13.8 Å². The van der Waals surface area contributed by atoms with Crippen molar-refractivity contribution >= 4 is 5.97 Å². The largest absolute Gasteiger partial charge is 0.481 e. The molecule has 0 bridgehead atoms. The molecular weight excluding hydrogens is 206 g/mol. The van der Waals surface area contributed by atoms with Crippen LogP contribution < -0.4 is 5.73 Å². The molecule has 0 amide bonds. The second-order valence-electron chi connectivity index (χ2n) is 5.32. The van der Waals surface area contributed by atoms with Crippen molar-refractivity contribution in [2.75, 3.05) is 13.2 Å². The minimum Gasteiger partial charge on any atom is -0.481 e. The Bertz CT molecular complexity index is 240.